The molecule has 0 aliphatic heterocycles. The van der Waals surface area contributed by atoms with Crippen LogP contribution in [0.3, 0.4) is 0 Å². The van der Waals surface area contributed by atoms with Crippen molar-refractivity contribution < 1.29 is 23.0 Å². The van der Waals surface area contributed by atoms with Gasteiger partial charge in [0.15, 0.2) is 18.2 Å². The van der Waals surface area contributed by atoms with Crippen LogP contribution in [0.4, 0.5) is 8.78 Å². The first-order chi connectivity index (χ1) is 13.0. The van der Waals surface area contributed by atoms with Crippen LogP contribution in [0.25, 0.3) is 0 Å². The van der Waals surface area contributed by atoms with Crippen LogP contribution in [0.1, 0.15) is 25.3 Å². The van der Waals surface area contributed by atoms with E-state index in [1.54, 1.807) is 0 Å². The van der Waals surface area contributed by atoms with E-state index < -0.39 is 11.6 Å². The molecule has 0 fully saturated rings. The summed E-state index contributed by atoms with van der Waals surface area (Å²) in [7, 11) is 0. The predicted octanol–water partition coefficient (Wildman–Crippen LogP) is 3.67. The van der Waals surface area contributed by atoms with E-state index in [-0.39, 0.29) is 31.4 Å². The Morgan fingerprint density at radius 3 is 2.48 bits per heavy atom. The lowest BCUT2D eigenvalue weighted by Gasteiger charge is -2.08. The highest BCUT2D eigenvalue weighted by Gasteiger charge is 2.04. The molecule has 0 saturated heterocycles. The highest BCUT2D eigenvalue weighted by atomic mass is 19.1. The lowest BCUT2D eigenvalue weighted by molar-refractivity contribution is -0.122. The van der Waals surface area contributed by atoms with Gasteiger partial charge in [0.25, 0.3) is 5.91 Å². The SMILES string of the molecule is CC(C)c1ccc(OCC(=O)NCC#CCOc2ccc(F)cc2F)cc1. The van der Waals surface area contributed by atoms with Crippen molar-refractivity contribution in [3.05, 3.63) is 59.7 Å². The second kappa shape index (κ2) is 10.2. The minimum atomic E-state index is -0.788. The Balaban J connectivity index is 1.65. The van der Waals surface area contributed by atoms with Crippen molar-refractivity contribution in [1.82, 2.24) is 5.32 Å². The number of hydrogen-bond donors (Lipinski definition) is 1. The topological polar surface area (TPSA) is 47.6 Å². The zero-order valence-corrected chi connectivity index (χ0v) is 15.2. The fourth-order valence-corrected chi connectivity index (χ4v) is 2.11. The standard InChI is InChI=1S/C21H21F2NO3/c1-15(2)16-5-8-18(9-6-16)27-14-21(25)24-11-3-4-12-26-20-10-7-17(22)13-19(20)23/h5-10,13,15H,11-12,14H2,1-2H3,(H,24,25). The summed E-state index contributed by atoms with van der Waals surface area (Å²) in [6, 6.07) is 10.6. The fourth-order valence-electron chi connectivity index (χ4n) is 2.11. The lowest BCUT2D eigenvalue weighted by atomic mass is 10.0. The highest BCUT2D eigenvalue weighted by molar-refractivity contribution is 5.77. The molecule has 0 aromatic heterocycles. The van der Waals surface area contributed by atoms with Crippen molar-refractivity contribution in [2.75, 3.05) is 19.8 Å². The van der Waals surface area contributed by atoms with E-state index in [4.69, 9.17) is 9.47 Å². The number of rotatable bonds is 7. The van der Waals surface area contributed by atoms with E-state index in [2.05, 4.69) is 31.0 Å². The van der Waals surface area contributed by atoms with Crippen LogP contribution >= 0.6 is 0 Å². The van der Waals surface area contributed by atoms with Gasteiger partial charge in [-0.15, -0.1) is 0 Å². The summed E-state index contributed by atoms with van der Waals surface area (Å²) in [6.07, 6.45) is 0. The molecule has 2 rings (SSSR count). The van der Waals surface area contributed by atoms with E-state index in [1.165, 1.54) is 11.6 Å². The number of hydrogen-bond acceptors (Lipinski definition) is 3. The number of nitrogens with one attached hydrogen (secondary N) is 1. The van der Waals surface area contributed by atoms with E-state index in [0.717, 1.165) is 12.1 Å². The molecule has 0 atom stereocenters. The number of halogens is 2. The van der Waals surface area contributed by atoms with Crippen LogP contribution in [0.5, 0.6) is 11.5 Å². The maximum Gasteiger partial charge on any atom is 0.258 e. The smallest absolute Gasteiger partial charge is 0.258 e. The van der Waals surface area contributed by atoms with Crippen LogP contribution in [0.2, 0.25) is 0 Å². The molecule has 0 unspecified atom stereocenters. The molecule has 6 heteroatoms. The van der Waals surface area contributed by atoms with Gasteiger partial charge in [0.2, 0.25) is 0 Å². The predicted molar refractivity (Wildman–Crippen MR) is 98.7 cm³/mol. The summed E-state index contributed by atoms with van der Waals surface area (Å²) < 4.78 is 36.6. The third kappa shape index (κ3) is 6.98. The molecule has 142 valence electrons. The summed E-state index contributed by atoms with van der Waals surface area (Å²) in [5, 5.41) is 2.58. The normalized spacial score (nSPS) is 10.1. The molecule has 27 heavy (non-hydrogen) atoms. The molecule has 4 nitrogen and oxygen atoms in total. The van der Waals surface area contributed by atoms with Crippen molar-refractivity contribution >= 4 is 5.91 Å². The van der Waals surface area contributed by atoms with Gasteiger partial charge < -0.3 is 14.8 Å². The fraction of sp³-hybridized carbons (Fsp3) is 0.286. The second-order valence-corrected chi connectivity index (χ2v) is 6.01. The number of amides is 1. The number of carbonyl (C=O) groups excluding carboxylic acids is 1. The highest BCUT2D eigenvalue weighted by Crippen LogP contribution is 2.18. The molecule has 0 heterocycles. The monoisotopic (exact) mass is 373 g/mol. The first-order valence-corrected chi connectivity index (χ1v) is 8.48. The van der Waals surface area contributed by atoms with Crippen molar-refractivity contribution in [2.24, 2.45) is 0 Å². The molecule has 0 saturated carbocycles. The number of ether oxygens (including phenoxy) is 2. The van der Waals surface area contributed by atoms with Gasteiger partial charge in [0.1, 0.15) is 18.2 Å². The van der Waals surface area contributed by atoms with Crippen LogP contribution in [0.15, 0.2) is 42.5 Å². The first-order valence-electron chi connectivity index (χ1n) is 8.48. The second-order valence-electron chi connectivity index (χ2n) is 6.01. The number of carbonyl (C=O) groups is 1. The first kappa shape index (κ1) is 20.2. The van der Waals surface area contributed by atoms with Gasteiger partial charge >= 0.3 is 0 Å². The molecule has 1 N–H and O–H groups in total. The molecular formula is C21H21F2NO3. The Morgan fingerprint density at radius 1 is 1.07 bits per heavy atom. The van der Waals surface area contributed by atoms with Gasteiger partial charge in [-0.25, -0.2) is 8.78 Å². The van der Waals surface area contributed by atoms with Gasteiger partial charge in [0.05, 0.1) is 6.54 Å². The molecule has 2 aromatic rings. The van der Waals surface area contributed by atoms with Gasteiger partial charge in [-0.05, 0) is 35.7 Å². The molecule has 2 aromatic carbocycles. The molecule has 0 bridgehead atoms. The van der Waals surface area contributed by atoms with Crippen molar-refractivity contribution in [3.8, 4) is 23.3 Å². The van der Waals surface area contributed by atoms with Gasteiger partial charge in [-0.1, -0.05) is 37.8 Å². The quantitative estimate of drug-likeness (QED) is 0.754. The Morgan fingerprint density at radius 2 is 1.81 bits per heavy atom. The van der Waals surface area contributed by atoms with E-state index in [0.29, 0.717) is 11.7 Å². The Kier molecular flexibility index (Phi) is 7.63. The molecule has 0 radical (unpaired) electrons. The Bertz CT molecular complexity index is 824. The third-order valence-corrected chi connectivity index (χ3v) is 3.61. The Hall–Kier alpha value is -3.07. The summed E-state index contributed by atoms with van der Waals surface area (Å²) in [5.41, 5.74) is 1.20. The molecule has 1 amide bonds. The molecule has 0 aliphatic rings. The summed E-state index contributed by atoms with van der Waals surface area (Å²) in [6.45, 7) is 4.14. The average Bonchev–Trinajstić information content (AvgIpc) is 2.64. The number of benzene rings is 2. The maximum atomic E-state index is 13.3. The van der Waals surface area contributed by atoms with Gasteiger partial charge in [-0.2, -0.15) is 0 Å². The molecular weight excluding hydrogens is 352 g/mol. The van der Waals surface area contributed by atoms with Gasteiger partial charge in [0, 0.05) is 6.07 Å². The lowest BCUT2D eigenvalue weighted by Crippen LogP contribution is -2.29. The molecule has 0 spiro atoms. The minimum absolute atomic E-state index is 0.0723. The average molecular weight is 373 g/mol. The zero-order valence-electron chi connectivity index (χ0n) is 15.2. The van der Waals surface area contributed by atoms with E-state index in [9.17, 15) is 13.6 Å². The van der Waals surface area contributed by atoms with Crippen LogP contribution in [-0.4, -0.2) is 25.7 Å². The summed E-state index contributed by atoms with van der Waals surface area (Å²) >= 11 is 0. The minimum Gasteiger partial charge on any atom is -0.484 e. The van der Waals surface area contributed by atoms with E-state index in [1.807, 2.05) is 24.3 Å². The van der Waals surface area contributed by atoms with Crippen LogP contribution in [-0.2, 0) is 4.79 Å². The van der Waals surface area contributed by atoms with E-state index >= 15 is 0 Å². The largest absolute Gasteiger partial charge is 0.484 e. The van der Waals surface area contributed by atoms with Crippen LogP contribution in [0, 0.1) is 23.5 Å². The van der Waals surface area contributed by atoms with Crippen LogP contribution < -0.4 is 14.8 Å². The van der Waals surface area contributed by atoms with Gasteiger partial charge in [-0.3, -0.25) is 4.79 Å². The Labute approximate surface area is 157 Å². The summed E-state index contributed by atoms with van der Waals surface area (Å²) in [4.78, 5) is 11.7. The van der Waals surface area contributed by atoms with Crippen molar-refractivity contribution in [1.29, 1.82) is 0 Å². The van der Waals surface area contributed by atoms with Crippen molar-refractivity contribution in [2.45, 2.75) is 19.8 Å². The van der Waals surface area contributed by atoms with Crippen molar-refractivity contribution in [3.63, 3.8) is 0 Å². The maximum absolute atomic E-state index is 13.3. The zero-order chi connectivity index (χ0) is 19.6. The molecule has 0 aliphatic carbocycles. The third-order valence-electron chi connectivity index (χ3n) is 3.61. The summed E-state index contributed by atoms with van der Waals surface area (Å²) in [5.74, 6) is 4.52.